The van der Waals surface area contributed by atoms with Crippen molar-refractivity contribution in [3.8, 4) is 0 Å². The lowest BCUT2D eigenvalue weighted by atomic mass is 10.1. The molecular formula is C5H6N4O2. The highest BCUT2D eigenvalue weighted by Crippen LogP contribution is 2.07. The summed E-state index contributed by atoms with van der Waals surface area (Å²) in [5.74, 6) is -0.807. The van der Waals surface area contributed by atoms with Crippen molar-refractivity contribution < 1.29 is 9.59 Å². The maximum absolute atomic E-state index is 10.8. The molecule has 0 aromatic rings. The maximum atomic E-state index is 10.8. The van der Waals surface area contributed by atoms with Crippen molar-refractivity contribution in [1.82, 2.24) is 5.32 Å². The summed E-state index contributed by atoms with van der Waals surface area (Å²) in [7, 11) is 0. The molecule has 1 unspecified atom stereocenters. The fourth-order valence-corrected chi connectivity index (χ4v) is 0.855. The molecule has 1 rings (SSSR count). The summed E-state index contributed by atoms with van der Waals surface area (Å²) in [6, 6.07) is -0.710. The van der Waals surface area contributed by atoms with E-state index in [1.54, 1.807) is 0 Å². The van der Waals surface area contributed by atoms with Crippen molar-refractivity contribution in [3.63, 3.8) is 0 Å². The third kappa shape index (κ3) is 1.68. The Balaban J connectivity index is 2.64. The summed E-state index contributed by atoms with van der Waals surface area (Å²) in [5.41, 5.74) is 8.00. The number of imide groups is 1. The Bertz CT molecular complexity index is 243. The minimum Gasteiger partial charge on any atom is -0.296 e. The van der Waals surface area contributed by atoms with Gasteiger partial charge < -0.3 is 0 Å². The summed E-state index contributed by atoms with van der Waals surface area (Å²) < 4.78 is 0. The van der Waals surface area contributed by atoms with E-state index in [0.29, 0.717) is 6.42 Å². The molecule has 0 aliphatic carbocycles. The van der Waals surface area contributed by atoms with Crippen molar-refractivity contribution in [3.05, 3.63) is 10.4 Å². The molecule has 58 valence electrons. The lowest BCUT2D eigenvalue weighted by molar-refractivity contribution is -0.134. The van der Waals surface area contributed by atoms with Gasteiger partial charge in [0.1, 0.15) is 6.04 Å². The lowest BCUT2D eigenvalue weighted by Crippen LogP contribution is -2.42. The summed E-state index contributed by atoms with van der Waals surface area (Å²) in [6.45, 7) is 0. The maximum Gasteiger partial charge on any atom is 0.235 e. The van der Waals surface area contributed by atoms with Crippen LogP contribution in [0.1, 0.15) is 12.8 Å². The molecule has 6 heteroatoms. The van der Waals surface area contributed by atoms with E-state index in [0.717, 1.165) is 0 Å². The normalized spacial score (nSPS) is 23.8. The van der Waals surface area contributed by atoms with Gasteiger partial charge in [0.25, 0.3) is 0 Å². The predicted octanol–water partition coefficient (Wildman–Crippen LogP) is 0.102. The molecule has 2 amide bonds. The van der Waals surface area contributed by atoms with Gasteiger partial charge >= 0.3 is 0 Å². The number of nitrogens with zero attached hydrogens (tertiary/aromatic N) is 3. The highest BCUT2D eigenvalue weighted by atomic mass is 16.2. The van der Waals surface area contributed by atoms with Crippen LogP contribution in [0.2, 0.25) is 0 Å². The molecule has 1 atom stereocenters. The molecule has 0 saturated carbocycles. The van der Waals surface area contributed by atoms with Gasteiger partial charge in [-0.3, -0.25) is 14.9 Å². The third-order valence-corrected chi connectivity index (χ3v) is 1.40. The first-order chi connectivity index (χ1) is 5.24. The number of amides is 2. The van der Waals surface area contributed by atoms with Gasteiger partial charge in [-0.05, 0) is 12.0 Å². The minimum atomic E-state index is -0.710. The summed E-state index contributed by atoms with van der Waals surface area (Å²) in [6.07, 6.45) is 0.560. The van der Waals surface area contributed by atoms with Crippen LogP contribution in [-0.2, 0) is 9.59 Å². The van der Waals surface area contributed by atoms with E-state index in [4.69, 9.17) is 5.53 Å². The first-order valence-electron chi connectivity index (χ1n) is 3.12. The van der Waals surface area contributed by atoms with Gasteiger partial charge in [0.05, 0.1) is 0 Å². The smallest absolute Gasteiger partial charge is 0.235 e. The van der Waals surface area contributed by atoms with Crippen LogP contribution in [0.15, 0.2) is 5.11 Å². The molecule has 0 bridgehead atoms. The van der Waals surface area contributed by atoms with E-state index in [1.807, 2.05) is 0 Å². The SMILES string of the molecule is [N-]=[N+]=NC1CCC(=O)NC1=O. The molecule has 1 aliphatic heterocycles. The Morgan fingerprint density at radius 3 is 2.91 bits per heavy atom. The van der Waals surface area contributed by atoms with Gasteiger partial charge in [0.15, 0.2) is 0 Å². The van der Waals surface area contributed by atoms with Crippen molar-refractivity contribution in [2.45, 2.75) is 18.9 Å². The van der Waals surface area contributed by atoms with E-state index >= 15 is 0 Å². The molecule has 11 heavy (non-hydrogen) atoms. The number of hydrogen-bond donors (Lipinski definition) is 1. The first-order valence-corrected chi connectivity index (χ1v) is 3.12. The molecule has 0 aromatic carbocycles. The summed E-state index contributed by atoms with van der Waals surface area (Å²) in [4.78, 5) is 23.8. The van der Waals surface area contributed by atoms with Crippen LogP contribution in [0.25, 0.3) is 10.4 Å². The Labute approximate surface area is 62.2 Å². The third-order valence-electron chi connectivity index (χ3n) is 1.40. The topological polar surface area (TPSA) is 94.9 Å². The van der Waals surface area contributed by atoms with Gasteiger partial charge in [0, 0.05) is 11.3 Å². The Morgan fingerprint density at radius 2 is 2.36 bits per heavy atom. The molecule has 6 nitrogen and oxygen atoms in total. The van der Waals surface area contributed by atoms with Gasteiger partial charge in [-0.25, -0.2) is 0 Å². The van der Waals surface area contributed by atoms with Crippen LogP contribution in [0.4, 0.5) is 0 Å². The van der Waals surface area contributed by atoms with Gasteiger partial charge in [-0.1, -0.05) is 5.11 Å². The Kier molecular flexibility index (Phi) is 2.08. The van der Waals surface area contributed by atoms with Crippen molar-refractivity contribution in [2.75, 3.05) is 0 Å². The number of azide groups is 1. The molecule has 1 N–H and O–H groups in total. The van der Waals surface area contributed by atoms with E-state index < -0.39 is 11.9 Å². The second kappa shape index (κ2) is 3.03. The molecule has 1 aliphatic rings. The summed E-state index contributed by atoms with van der Waals surface area (Å²) in [5, 5.41) is 5.29. The fraction of sp³-hybridized carbons (Fsp3) is 0.600. The van der Waals surface area contributed by atoms with E-state index in [9.17, 15) is 9.59 Å². The highest BCUT2D eigenvalue weighted by Gasteiger charge is 2.24. The molecule has 1 saturated heterocycles. The summed E-state index contributed by atoms with van der Waals surface area (Å²) >= 11 is 0. The molecule has 0 radical (unpaired) electrons. The van der Waals surface area contributed by atoms with Gasteiger partial charge in [-0.15, -0.1) is 0 Å². The number of nitrogens with one attached hydrogen (secondary N) is 1. The zero-order valence-corrected chi connectivity index (χ0v) is 5.65. The average molecular weight is 154 g/mol. The van der Waals surface area contributed by atoms with Crippen LogP contribution in [-0.4, -0.2) is 17.9 Å². The molecule has 1 heterocycles. The first kappa shape index (κ1) is 7.56. The lowest BCUT2D eigenvalue weighted by Gasteiger charge is -2.15. The van der Waals surface area contributed by atoms with Gasteiger partial charge in [-0.2, -0.15) is 0 Å². The van der Waals surface area contributed by atoms with E-state index in [-0.39, 0.29) is 12.3 Å². The number of rotatable bonds is 1. The standard InChI is InChI=1S/C5H6N4O2/c6-9-8-3-1-2-4(10)7-5(3)11/h3H,1-2H2,(H,7,10,11). The van der Waals surface area contributed by atoms with Crippen LogP contribution < -0.4 is 5.32 Å². The number of hydrogen-bond acceptors (Lipinski definition) is 3. The molecule has 1 fully saturated rings. The molecule has 0 spiro atoms. The second-order valence-electron chi connectivity index (χ2n) is 2.17. The van der Waals surface area contributed by atoms with Crippen LogP contribution in [0.3, 0.4) is 0 Å². The van der Waals surface area contributed by atoms with Crippen LogP contribution in [0, 0.1) is 0 Å². The Hall–Kier alpha value is -1.55. The van der Waals surface area contributed by atoms with E-state index in [2.05, 4.69) is 15.3 Å². The van der Waals surface area contributed by atoms with Crippen molar-refractivity contribution in [2.24, 2.45) is 5.11 Å². The number of carbonyl (C=O) groups is 2. The second-order valence-corrected chi connectivity index (χ2v) is 2.17. The quantitative estimate of drug-likeness (QED) is 0.251. The number of piperidine rings is 1. The molecular weight excluding hydrogens is 148 g/mol. The largest absolute Gasteiger partial charge is 0.296 e. The zero-order chi connectivity index (χ0) is 8.27. The monoisotopic (exact) mass is 154 g/mol. The van der Waals surface area contributed by atoms with E-state index in [1.165, 1.54) is 0 Å². The van der Waals surface area contributed by atoms with Gasteiger partial charge in [0.2, 0.25) is 11.8 Å². The predicted molar refractivity (Wildman–Crippen MR) is 35.3 cm³/mol. The molecule has 0 aromatic heterocycles. The van der Waals surface area contributed by atoms with Crippen LogP contribution >= 0.6 is 0 Å². The Morgan fingerprint density at radius 1 is 1.64 bits per heavy atom. The average Bonchev–Trinajstić information content (AvgIpc) is 1.95. The highest BCUT2D eigenvalue weighted by molar-refractivity contribution is 6.00. The number of carbonyl (C=O) groups excluding carboxylic acids is 2. The minimum absolute atomic E-state index is 0.245. The van der Waals surface area contributed by atoms with Crippen molar-refractivity contribution in [1.29, 1.82) is 0 Å². The zero-order valence-electron chi connectivity index (χ0n) is 5.65. The fourth-order valence-electron chi connectivity index (χ4n) is 0.855. The van der Waals surface area contributed by atoms with Crippen molar-refractivity contribution >= 4 is 11.8 Å². The van der Waals surface area contributed by atoms with Crippen LogP contribution in [0.5, 0.6) is 0 Å².